The smallest absolute Gasteiger partial charge is 0.240 e. The van der Waals surface area contributed by atoms with E-state index in [2.05, 4.69) is 11.6 Å². The van der Waals surface area contributed by atoms with Gasteiger partial charge in [-0.05, 0) is 43.4 Å². The summed E-state index contributed by atoms with van der Waals surface area (Å²) in [6.45, 7) is 3.59. The molecule has 21 heavy (non-hydrogen) atoms. The number of nitrogens with two attached hydrogens (primary N) is 1. The maximum atomic E-state index is 13.5. The molecule has 3 N–H and O–H groups in total. The highest BCUT2D eigenvalue weighted by Gasteiger charge is 2.26. The Kier molecular flexibility index (Phi) is 4.88. The quantitative estimate of drug-likeness (QED) is 0.665. The molecule has 2 atom stereocenters. The van der Waals surface area contributed by atoms with Gasteiger partial charge in [-0.25, -0.2) is 17.5 Å². The molecule has 0 bridgehead atoms. The van der Waals surface area contributed by atoms with Gasteiger partial charge >= 0.3 is 0 Å². The van der Waals surface area contributed by atoms with E-state index in [1.165, 1.54) is 19.1 Å². The third-order valence-electron chi connectivity index (χ3n) is 4.23. The maximum Gasteiger partial charge on any atom is 0.240 e. The first-order chi connectivity index (χ1) is 9.81. The Morgan fingerprint density at radius 1 is 1.24 bits per heavy atom. The second kappa shape index (κ2) is 6.32. The van der Waals surface area contributed by atoms with Crippen LogP contribution in [0, 0.1) is 18.7 Å². The summed E-state index contributed by atoms with van der Waals surface area (Å²) in [5.74, 6) is -0.252. The molecule has 2 unspecified atom stereocenters. The van der Waals surface area contributed by atoms with Crippen molar-refractivity contribution in [2.45, 2.75) is 56.9 Å². The van der Waals surface area contributed by atoms with E-state index < -0.39 is 15.8 Å². The van der Waals surface area contributed by atoms with Gasteiger partial charge in [0.05, 0.1) is 10.6 Å². The zero-order chi connectivity index (χ0) is 15.6. The number of aryl methyl sites for hydroxylation is 1. The van der Waals surface area contributed by atoms with Gasteiger partial charge in [-0.3, -0.25) is 0 Å². The highest BCUT2D eigenvalue weighted by molar-refractivity contribution is 7.89. The fourth-order valence-electron chi connectivity index (χ4n) is 2.85. The molecule has 0 aromatic heterocycles. The van der Waals surface area contributed by atoms with Gasteiger partial charge in [0.25, 0.3) is 0 Å². The Morgan fingerprint density at radius 2 is 1.90 bits per heavy atom. The van der Waals surface area contributed by atoms with Gasteiger partial charge in [0.2, 0.25) is 10.0 Å². The number of rotatable bonds is 3. The van der Waals surface area contributed by atoms with Crippen LogP contribution in [0.1, 0.15) is 44.6 Å². The van der Waals surface area contributed by atoms with Crippen molar-refractivity contribution in [1.82, 2.24) is 4.72 Å². The molecule has 1 fully saturated rings. The Balaban J connectivity index is 2.25. The Labute approximate surface area is 126 Å². The fraction of sp³-hybridized carbons (Fsp3) is 0.600. The SMILES string of the molecule is Cc1cc(S(=O)(=O)NC2CCCCCC2C)cc(N)c1F. The molecule has 2 rings (SSSR count). The van der Waals surface area contributed by atoms with Crippen molar-refractivity contribution >= 4 is 15.7 Å². The molecular formula is C15H23FN2O2S. The van der Waals surface area contributed by atoms with Crippen molar-refractivity contribution in [3.05, 3.63) is 23.5 Å². The summed E-state index contributed by atoms with van der Waals surface area (Å²) in [5.41, 5.74) is 5.64. The van der Waals surface area contributed by atoms with Crippen LogP contribution in [-0.2, 0) is 10.0 Å². The Hall–Kier alpha value is -1.14. The van der Waals surface area contributed by atoms with Crippen LogP contribution in [-0.4, -0.2) is 14.5 Å². The first kappa shape index (κ1) is 16.2. The highest BCUT2D eigenvalue weighted by atomic mass is 32.2. The lowest BCUT2D eigenvalue weighted by Gasteiger charge is -2.23. The van der Waals surface area contributed by atoms with Crippen LogP contribution in [0.5, 0.6) is 0 Å². The molecule has 0 amide bonds. The minimum atomic E-state index is -3.67. The molecule has 0 aliphatic heterocycles. The van der Waals surface area contributed by atoms with Gasteiger partial charge < -0.3 is 5.73 Å². The number of benzene rings is 1. The van der Waals surface area contributed by atoms with Gasteiger partial charge in [-0.15, -0.1) is 0 Å². The molecule has 1 aromatic carbocycles. The van der Waals surface area contributed by atoms with Crippen molar-refractivity contribution in [1.29, 1.82) is 0 Å². The zero-order valence-corrected chi connectivity index (χ0v) is 13.3. The molecule has 118 valence electrons. The first-order valence-electron chi connectivity index (χ1n) is 7.39. The van der Waals surface area contributed by atoms with E-state index in [0.29, 0.717) is 5.92 Å². The van der Waals surface area contributed by atoms with Crippen LogP contribution >= 0.6 is 0 Å². The minimum Gasteiger partial charge on any atom is -0.396 e. The largest absolute Gasteiger partial charge is 0.396 e. The topological polar surface area (TPSA) is 72.2 Å². The lowest BCUT2D eigenvalue weighted by atomic mass is 9.98. The molecular weight excluding hydrogens is 291 g/mol. The fourth-order valence-corrected chi connectivity index (χ4v) is 4.35. The van der Waals surface area contributed by atoms with Crippen molar-refractivity contribution in [3.8, 4) is 0 Å². The van der Waals surface area contributed by atoms with Gasteiger partial charge in [-0.1, -0.05) is 26.2 Å². The average Bonchev–Trinajstić information content (AvgIpc) is 2.60. The number of sulfonamides is 1. The molecule has 6 heteroatoms. The first-order valence-corrected chi connectivity index (χ1v) is 8.87. The minimum absolute atomic E-state index is 0.0374. The molecule has 1 saturated carbocycles. The van der Waals surface area contributed by atoms with Gasteiger partial charge in [0.15, 0.2) is 0 Å². The molecule has 1 aromatic rings. The summed E-state index contributed by atoms with van der Waals surface area (Å²) in [4.78, 5) is 0.0374. The maximum absolute atomic E-state index is 13.5. The number of nitrogens with one attached hydrogen (secondary N) is 1. The number of hydrogen-bond donors (Lipinski definition) is 2. The van der Waals surface area contributed by atoms with E-state index in [9.17, 15) is 12.8 Å². The van der Waals surface area contributed by atoms with Crippen LogP contribution in [0.4, 0.5) is 10.1 Å². The lowest BCUT2D eigenvalue weighted by Crippen LogP contribution is -2.38. The number of hydrogen-bond acceptors (Lipinski definition) is 3. The Bertz CT molecular complexity index is 593. The molecule has 0 spiro atoms. The van der Waals surface area contributed by atoms with E-state index in [0.717, 1.165) is 32.1 Å². The monoisotopic (exact) mass is 314 g/mol. The standard InChI is InChI=1S/C15H23FN2O2S/c1-10-6-4-3-5-7-14(10)18-21(19,20)12-8-11(2)15(16)13(17)9-12/h8-10,14,18H,3-7,17H2,1-2H3. The highest BCUT2D eigenvalue weighted by Crippen LogP contribution is 2.26. The van der Waals surface area contributed by atoms with Crippen LogP contribution in [0.3, 0.4) is 0 Å². The predicted molar refractivity (Wildman–Crippen MR) is 81.9 cm³/mol. The predicted octanol–water partition coefficient (Wildman–Crippen LogP) is 2.96. The van der Waals surface area contributed by atoms with E-state index in [-0.39, 0.29) is 22.2 Å². The number of anilines is 1. The molecule has 1 aliphatic rings. The van der Waals surface area contributed by atoms with Crippen molar-refractivity contribution < 1.29 is 12.8 Å². The zero-order valence-electron chi connectivity index (χ0n) is 12.5. The third-order valence-corrected chi connectivity index (χ3v) is 5.70. The summed E-state index contributed by atoms with van der Waals surface area (Å²) in [5, 5.41) is 0. The summed E-state index contributed by atoms with van der Waals surface area (Å²) >= 11 is 0. The van der Waals surface area contributed by atoms with Crippen LogP contribution in [0.25, 0.3) is 0 Å². The van der Waals surface area contributed by atoms with Crippen LogP contribution < -0.4 is 10.5 Å². The van der Waals surface area contributed by atoms with Gasteiger partial charge in [-0.2, -0.15) is 0 Å². The molecule has 0 heterocycles. The van der Waals surface area contributed by atoms with Crippen LogP contribution in [0.15, 0.2) is 17.0 Å². The van der Waals surface area contributed by atoms with E-state index in [1.54, 1.807) is 0 Å². The molecule has 1 aliphatic carbocycles. The summed E-state index contributed by atoms with van der Waals surface area (Å²) in [6, 6.07) is 2.45. The lowest BCUT2D eigenvalue weighted by molar-refractivity contribution is 0.399. The van der Waals surface area contributed by atoms with Crippen LogP contribution in [0.2, 0.25) is 0 Å². The summed E-state index contributed by atoms with van der Waals surface area (Å²) in [6.07, 6.45) is 5.18. The van der Waals surface area contributed by atoms with Gasteiger partial charge in [0, 0.05) is 6.04 Å². The average molecular weight is 314 g/mol. The van der Waals surface area contributed by atoms with Crippen molar-refractivity contribution in [2.24, 2.45) is 5.92 Å². The number of halogens is 1. The van der Waals surface area contributed by atoms with Crippen molar-refractivity contribution in [2.75, 3.05) is 5.73 Å². The summed E-state index contributed by atoms with van der Waals surface area (Å²) in [7, 11) is -3.67. The van der Waals surface area contributed by atoms with E-state index >= 15 is 0 Å². The second-order valence-electron chi connectivity index (χ2n) is 5.99. The third kappa shape index (κ3) is 3.74. The second-order valence-corrected chi connectivity index (χ2v) is 7.70. The van der Waals surface area contributed by atoms with Gasteiger partial charge in [0.1, 0.15) is 5.82 Å². The van der Waals surface area contributed by atoms with E-state index in [4.69, 9.17) is 5.73 Å². The molecule has 0 radical (unpaired) electrons. The normalized spacial score (nSPS) is 23.8. The Morgan fingerprint density at radius 3 is 2.57 bits per heavy atom. The van der Waals surface area contributed by atoms with Crippen molar-refractivity contribution in [3.63, 3.8) is 0 Å². The van der Waals surface area contributed by atoms with E-state index in [1.807, 2.05) is 0 Å². The number of nitrogen functional groups attached to an aromatic ring is 1. The molecule has 4 nitrogen and oxygen atoms in total. The summed E-state index contributed by atoms with van der Waals surface area (Å²) < 4.78 is 41.3. The molecule has 0 saturated heterocycles.